The van der Waals surface area contributed by atoms with Gasteiger partial charge in [0.2, 0.25) is 0 Å². The molecule has 4 heteroatoms. The van der Waals surface area contributed by atoms with Crippen LogP contribution in [0, 0.1) is 19.7 Å². The summed E-state index contributed by atoms with van der Waals surface area (Å²) in [5.41, 5.74) is 1.09. The van der Waals surface area contributed by atoms with Gasteiger partial charge in [0.15, 0.2) is 0 Å². The highest BCUT2D eigenvalue weighted by atomic mass is 35.5. The summed E-state index contributed by atoms with van der Waals surface area (Å²) in [4.78, 5) is 8.17. The first kappa shape index (κ1) is 9.34. The van der Waals surface area contributed by atoms with Crippen LogP contribution >= 0.6 is 11.6 Å². The molecule has 0 radical (unpaired) electrons. The Bertz CT molecular complexity index is 511. The van der Waals surface area contributed by atoms with Gasteiger partial charge in [0.05, 0.1) is 5.52 Å². The Kier molecular flexibility index (Phi) is 2.11. The van der Waals surface area contributed by atoms with Crippen molar-refractivity contribution < 1.29 is 4.39 Å². The van der Waals surface area contributed by atoms with E-state index in [2.05, 4.69) is 9.97 Å². The van der Waals surface area contributed by atoms with E-state index in [-0.39, 0.29) is 5.82 Å². The lowest BCUT2D eigenvalue weighted by molar-refractivity contribution is 0.620. The summed E-state index contributed by atoms with van der Waals surface area (Å²) < 4.78 is 13.2. The highest BCUT2D eigenvalue weighted by molar-refractivity contribution is 6.34. The molecule has 0 atom stereocenters. The van der Waals surface area contributed by atoms with Gasteiger partial charge in [-0.3, -0.25) is 0 Å². The molecule has 0 saturated carbocycles. The summed E-state index contributed by atoms with van der Waals surface area (Å²) >= 11 is 5.91. The minimum absolute atomic E-state index is 0.272. The van der Waals surface area contributed by atoms with E-state index in [1.807, 2.05) is 0 Å². The second-order valence-electron chi connectivity index (χ2n) is 3.13. The topological polar surface area (TPSA) is 25.8 Å². The Morgan fingerprint density at radius 1 is 1.21 bits per heavy atom. The quantitative estimate of drug-likeness (QED) is 0.625. The monoisotopic (exact) mass is 210 g/mol. The van der Waals surface area contributed by atoms with Gasteiger partial charge in [0.1, 0.15) is 16.8 Å². The van der Waals surface area contributed by atoms with Crippen molar-refractivity contribution in [1.82, 2.24) is 9.97 Å². The molecule has 1 heterocycles. The van der Waals surface area contributed by atoms with Gasteiger partial charge in [-0.25, -0.2) is 14.4 Å². The van der Waals surface area contributed by atoms with Gasteiger partial charge >= 0.3 is 0 Å². The van der Waals surface area contributed by atoms with E-state index in [4.69, 9.17) is 11.6 Å². The van der Waals surface area contributed by atoms with Gasteiger partial charge in [0, 0.05) is 10.9 Å². The Morgan fingerprint density at radius 3 is 2.64 bits per heavy atom. The van der Waals surface area contributed by atoms with Crippen molar-refractivity contribution in [3.8, 4) is 0 Å². The SMILES string of the molecule is Cc1nc(Cl)c2ccc(F)c(C)c2n1. The van der Waals surface area contributed by atoms with Crippen molar-refractivity contribution in [2.24, 2.45) is 0 Å². The lowest BCUT2D eigenvalue weighted by atomic mass is 10.1. The van der Waals surface area contributed by atoms with Crippen LogP contribution in [0.3, 0.4) is 0 Å². The predicted octanol–water partition coefficient (Wildman–Crippen LogP) is 3.04. The Hall–Kier alpha value is -1.22. The van der Waals surface area contributed by atoms with Crippen LogP contribution in [-0.4, -0.2) is 9.97 Å². The maximum atomic E-state index is 13.2. The summed E-state index contributed by atoms with van der Waals surface area (Å²) in [6, 6.07) is 2.97. The van der Waals surface area contributed by atoms with E-state index >= 15 is 0 Å². The van der Waals surface area contributed by atoms with Crippen molar-refractivity contribution in [2.45, 2.75) is 13.8 Å². The molecule has 0 aliphatic carbocycles. The van der Waals surface area contributed by atoms with Crippen molar-refractivity contribution in [3.05, 3.63) is 34.5 Å². The van der Waals surface area contributed by atoms with Crippen LogP contribution in [0.2, 0.25) is 5.15 Å². The number of halogens is 2. The zero-order chi connectivity index (χ0) is 10.3. The van der Waals surface area contributed by atoms with E-state index in [9.17, 15) is 4.39 Å². The molecule has 0 bridgehead atoms. The minimum atomic E-state index is -0.272. The number of aryl methyl sites for hydroxylation is 2. The van der Waals surface area contributed by atoms with Gasteiger partial charge in [-0.05, 0) is 26.0 Å². The Labute approximate surface area is 85.8 Å². The fourth-order valence-electron chi connectivity index (χ4n) is 1.38. The molecule has 0 saturated heterocycles. The molecule has 0 N–H and O–H groups in total. The average Bonchev–Trinajstić information content (AvgIpc) is 2.12. The third-order valence-electron chi connectivity index (χ3n) is 2.12. The lowest BCUT2D eigenvalue weighted by Gasteiger charge is -2.04. The molecule has 0 amide bonds. The number of aromatic nitrogens is 2. The molecule has 72 valence electrons. The second kappa shape index (κ2) is 3.17. The molecule has 1 aromatic heterocycles. The Morgan fingerprint density at radius 2 is 1.93 bits per heavy atom. The molecule has 0 aliphatic rings. The van der Waals surface area contributed by atoms with Gasteiger partial charge < -0.3 is 0 Å². The lowest BCUT2D eigenvalue weighted by Crippen LogP contribution is -1.94. The third kappa shape index (κ3) is 1.34. The van der Waals surface area contributed by atoms with Crippen LogP contribution in [0.1, 0.15) is 11.4 Å². The highest BCUT2D eigenvalue weighted by Gasteiger charge is 2.08. The smallest absolute Gasteiger partial charge is 0.140 e. The van der Waals surface area contributed by atoms with Crippen molar-refractivity contribution >= 4 is 22.5 Å². The van der Waals surface area contributed by atoms with Crippen LogP contribution < -0.4 is 0 Å². The fourth-order valence-corrected chi connectivity index (χ4v) is 1.65. The van der Waals surface area contributed by atoms with Gasteiger partial charge in [-0.1, -0.05) is 11.6 Å². The molecule has 0 spiro atoms. The molecule has 0 unspecified atom stereocenters. The summed E-state index contributed by atoms with van der Waals surface area (Å²) in [6.07, 6.45) is 0. The van der Waals surface area contributed by atoms with E-state index in [0.29, 0.717) is 27.4 Å². The molecule has 2 aromatic rings. The average molecular weight is 211 g/mol. The molecule has 0 fully saturated rings. The van der Waals surface area contributed by atoms with Crippen LogP contribution in [-0.2, 0) is 0 Å². The number of nitrogens with zero attached hydrogens (tertiary/aromatic N) is 2. The van der Waals surface area contributed by atoms with Gasteiger partial charge in [-0.2, -0.15) is 0 Å². The largest absolute Gasteiger partial charge is 0.233 e. The summed E-state index contributed by atoms with van der Waals surface area (Å²) in [7, 11) is 0. The van der Waals surface area contributed by atoms with Crippen LogP contribution in [0.4, 0.5) is 4.39 Å². The molecule has 2 rings (SSSR count). The number of hydrogen-bond donors (Lipinski definition) is 0. The van der Waals surface area contributed by atoms with Gasteiger partial charge in [0.25, 0.3) is 0 Å². The van der Waals surface area contributed by atoms with E-state index in [0.717, 1.165) is 0 Å². The minimum Gasteiger partial charge on any atom is -0.233 e. The summed E-state index contributed by atoms with van der Waals surface area (Å²) in [5.74, 6) is 0.280. The number of benzene rings is 1. The standard InChI is InChI=1S/C10H8ClFN2/c1-5-8(12)4-3-7-9(5)13-6(2)14-10(7)11/h3-4H,1-2H3. The van der Waals surface area contributed by atoms with E-state index in [1.165, 1.54) is 6.07 Å². The molecular formula is C10H8ClFN2. The predicted molar refractivity (Wildman–Crippen MR) is 54.0 cm³/mol. The van der Waals surface area contributed by atoms with Crippen molar-refractivity contribution in [1.29, 1.82) is 0 Å². The molecule has 0 aliphatic heterocycles. The second-order valence-corrected chi connectivity index (χ2v) is 3.49. The van der Waals surface area contributed by atoms with Crippen molar-refractivity contribution in [2.75, 3.05) is 0 Å². The first-order valence-electron chi connectivity index (χ1n) is 4.18. The zero-order valence-corrected chi connectivity index (χ0v) is 8.56. The first-order chi connectivity index (χ1) is 6.59. The molecular weight excluding hydrogens is 203 g/mol. The number of rotatable bonds is 0. The number of fused-ring (bicyclic) bond motifs is 1. The fraction of sp³-hybridized carbons (Fsp3) is 0.200. The molecule has 14 heavy (non-hydrogen) atoms. The highest BCUT2D eigenvalue weighted by Crippen LogP contribution is 2.24. The maximum absolute atomic E-state index is 13.2. The summed E-state index contributed by atoms with van der Waals surface area (Å²) in [5, 5.41) is 1.06. The zero-order valence-electron chi connectivity index (χ0n) is 7.81. The van der Waals surface area contributed by atoms with Crippen molar-refractivity contribution in [3.63, 3.8) is 0 Å². The maximum Gasteiger partial charge on any atom is 0.140 e. The molecule has 1 aromatic carbocycles. The third-order valence-corrected chi connectivity index (χ3v) is 2.41. The summed E-state index contributed by atoms with van der Waals surface area (Å²) in [6.45, 7) is 3.41. The van der Waals surface area contributed by atoms with Crippen LogP contribution in [0.15, 0.2) is 12.1 Å². The first-order valence-corrected chi connectivity index (χ1v) is 4.56. The normalized spacial score (nSPS) is 10.9. The number of hydrogen-bond acceptors (Lipinski definition) is 2. The Balaban J connectivity index is 2.95. The van der Waals surface area contributed by atoms with E-state index in [1.54, 1.807) is 19.9 Å². The van der Waals surface area contributed by atoms with Gasteiger partial charge in [-0.15, -0.1) is 0 Å². The van der Waals surface area contributed by atoms with Crippen LogP contribution in [0.25, 0.3) is 10.9 Å². The molecule has 2 nitrogen and oxygen atoms in total. The van der Waals surface area contributed by atoms with E-state index < -0.39 is 0 Å². The van der Waals surface area contributed by atoms with Crippen LogP contribution in [0.5, 0.6) is 0 Å².